The molecule has 2 fully saturated rings. The maximum atomic E-state index is 13.5. The second kappa shape index (κ2) is 17.9. The molecule has 0 saturated carbocycles. The van der Waals surface area contributed by atoms with Gasteiger partial charge in [-0.3, -0.25) is 24.6 Å². The van der Waals surface area contributed by atoms with Gasteiger partial charge in [-0.15, -0.1) is 0 Å². The fourth-order valence-corrected chi connectivity index (χ4v) is 7.51. The minimum Gasteiger partial charge on any atom is -0.494 e. The Morgan fingerprint density at radius 2 is 1.70 bits per heavy atom. The molecular weight excluding hydrogens is 768 g/mol. The van der Waals surface area contributed by atoms with Crippen LogP contribution in [-0.4, -0.2) is 103 Å². The van der Waals surface area contributed by atoms with Crippen molar-refractivity contribution in [1.29, 1.82) is 0 Å². The molecule has 2 aromatic carbocycles. The van der Waals surface area contributed by atoms with Gasteiger partial charge in [0.05, 0.1) is 65.1 Å². The standard InChI is InChI=1S/C41H40FN11O4.C2H7N/c1-24-50(2)38-32(9-6-10-33(38)53(24)34-12-14-37(55)49-41(34)56)51(3)28-21-52(22-28)20-25-11-13-35(43-16-25)48-36-15-31(26(23-54)17-44-36)47-30-8-5-7-29(39(30)57-4)40-45-18-27(42)19-46-40;1-3-2/h5-11,13,15-19,23,28,34H,1,12,14,20-22H2,2-4H3,(H,49,55,56)(H2,43,44,47,48);3H,1-2H3. The number of hydrogen-bond donors (Lipinski definition) is 4. The van der Waals surface area contributed by atoms with Crippen LogP contribution in [0, 0.1) is 5.82 Å². The number of rotatable bonds is 12. The summed E-state index contributed by atoms with van der Waals surface area (Å²) in [6, 6.07) is 16.8. The summed E-state index contributed by atoms with van der Waals surface area (Å²) >= 11 is 0. The molecule has 0 bridgehead atoms. The van der Waals surface area contributed by atoms with Gasteiger partial charge in [-0.25, -0.2) is 24.3 Å². The molecule has 4 N–H and O–H groups in total. The van der Waals surface area contributed by atoms with Gasteiger partial charge in [0.15, 0.2) is 23.7 Å². The Labute approximate surface area is 347 Å². The summed E-state index contributed by atoms with van der Waals surface area (Å²) in [7, 11) is 9.31. The second-order valence-corrected chi connectivity index (χ2v) is 14.6. The molecule has 5 aromatic rings. The molecule has 3 aromatic heterocycles. The number of carbonyl (C=O) groups is 3. The fraction of sp³-hybridized carbons (Fsp3) is 0.279. The third kappa shape index (κ3) is 8.43. The van der Waals surface area contributed by atoms with Crippen LogP contribution in [0.2, 0.25) is 0 Å². The van der Waals surface area contributed by atoms with E-state index in [-0.39, 0.29) is 23.7 Å². The fourth-order valence-electron chi connectivity index (χ4n) is 7.51. The molecule has 0 aliphatic carbocycles. The maximum absolute atomic E-state index is 13.5. The van der Waals surface area contributed by atoms with E-state index in [1.54, 1.807) is 24.3 Å². The van der Waals surface area contributed by atoms with E-state index >= 15 is 0 Å². The van der Waals surface area contributed by atoms with Crippen molar-refractivity contribution in [2.45, 2.75) is 31.5 Å². The second-order valence-electron chi connectivity index (χ2n) is 14.6. The number of carbonyl (C=O) groups excluding carboxylic acids is 3. The van der Waals surface area contributed by atoms with Crippen LogP contribution in [0.5, 0.6) is 5.75 Å². The molecule has 8 rings (SSSR count). The number of para-hydroxylation sites is 2. The average molecular weight is 815 g/mol. The van der Waals surface area contributed by atoms with Crippen molar-refractivity contribution in [1.82, 2.24) is 35.5 Å². The zero-order chi connectivity index (χ0) is 42.5. The minimum atomic E-state index is -0.547. The van der Waals surface area contributed by atoms with E-state index < -0.39 is 11.9 Å². The lowest BCUT2D eigenvalue weighted by Gasteiger charge is -2.45. The van der Waals surface area contributed by atoms with E-state index in [2.05, 4.69) is 70.7 Å². The Morgan fingerprint density at radius 3 is 2.38 bits per heavy atom. The lowest BCUT2D eigenvalue weighted by Crippen LogP contribution is -2.58. The highest BCUT2D eigenvalue weighted by Crippen LogP contribution is 2.48. The Bertz CT molecular complexity index is 2390. The molecule has 0 radical (unpaired) electrons. The van der Waals surface area contributed by atoms with Gasteiger partial charge in [0, 0.05) is 58.6 Å². The zero-order valence-corrected chi connectivity index (χ0v) is 34.1. The van der Waals surface area contributed by atoms with E-state index in [4.69, 9.17) is 4.74 Å². The molecule has 1 atom stereocenters. The van der Waals surface area contributed by atoms with Gasteiger partial charge >= 0.3 is 0 Å². The highest BCUT2D eigenvalue weighted by atomic mass is 19.1. The molecule has 2 saturated heterocycles. The Kier molecular flexibility index (Phi) is 12.3. The van der Waals surface area contributed by atoms with Crippen molar-refractivity contribution >= 4 is 58.2 Å². The Hall–Kier alpha value is -6.98. The molecule has 3 aliphatic rings. The van der Waals surface area contributed by atoms with Crippen molar-refractivity contribution in [2.75, 3.05) is 73.7 Å². The Balaban J connectivity index is 0.00000176. The maximum Gasteiger partial charge on any atom is 0.249 e. The summed E-state index contributed by atoms with van der Waals surface area (Å²) in [6.07, 6.45) is 6.92. The number of fused-ring (bicyclic) bond motifs is 1. The first-order valence-electron chi connectivity index (χ1n) is 19.3. The SMILES string of the molecule is C=C1N(C)c2c(N(C)C3CN(Cc4ccc(Nc5cc(Nc6cccc(-c7ncc(F)cn7)c6OC)c(C=O)cn5)nc4)C3)cccc2N1C1CCC(=O)NC1=O.CNC. The quantitative estimate of drug-likeness (QED) is 0.0971. The van der Waals surface area contributed by atoms with Crippen LogP contribution in [0.25, 0.3) is 11.4 Å². The van der Waals surface area contributed by atoms with E-state index in [9.17, 15) is 18.8 Å². The van der Waals surface area contributed by atoms with Crippen LogP contribution in [0.15, 0.2) is 91.8 Å². The van der Waals surface area contributed by atoms with Crippen LogP contribution in [0.1, 0.15) is 28.8 Å². The van der Waals surface area contributed by atoms with Gasteiger partial charge in [0.25, 0.3) is 0 Å². The number of aromatic nitrogens is 4. The van der Waals surface area contributed by atoms with E-state index in [0.717, 1.165) is 54.7 Å². The van der Waals surface area contributed by atoms with Crippen molar-refractivity contribution in [3.05, 3.63) is 109 Å². The number of piperidine rings is 1. The number of hydrogen-bond acceptors (Lipinski definition) is 15. The van der Waals surface area contributed by atoms with Crippen LogP contribution in [-0.2, 0) is 16.1 Å². The van der Waals surface area contributed by atoms with E-state index in [0.29, 0.717) is 64.8 Å². The molecule has 0 spiro atoms. The summed E-state index contributed by atoms with van der Waals surface area (Å²) in [6.45, 7) is 6.73. The first-order valence-corrected chi connectivity index (χ1v) is 19.3. The van der Waals surface area contributed by atoms with Crippen molar-refractivity contribution < 1.29 is 23.5 Å². The number of halogens is 1. The Morgan fingerprint density at radius 1 is 0.967 bits per heavy atom. The molecule has 17 heteroatoms. The third-order valence-electron chi connectivity index (χ3n) is 10.5. The largest absolute Gasteiger partial charge is 0.494 e. The lowest BCUT2D eigenvalue weighted by molar-refractivity contribution is -0.134. The van der Waals surface area contributed by atoms with Gasteiger partial charge < -0.3 is 35.4 Å². The average Bonchev–Trinajstić information content (AvgIpc) is 3.48. The highest BCUT2D eigenvalue weighted by molar-refractivity contribution is 6.04. The summed E-state index contributed by atoms with van der Waals surface area (Å²) in [5, 5.41) is 11.7. The number of anilines is 7. The van der Waals surface area contributed by atoms with E-state index in [1.807, 2.05) is 61.4 Å². The number of nitrogens with zero attached hydrogens (tertiary/aromatic N) is 8. The van der Waals surface area contributed by atoms with Crippen LogP contribution in [0.4, 0.5) is 44.5 Å². The molecule has 310 valence electrons. The summed E-state index contributed by atoms with van der Waals surface area (Å²) in [5.41, 5.74) is 5.91. The van der Waals surface area contributed by atoms with Crippen molar-refractivity contribution in [3.63, 3.8) is 0 Å². The summed E-state index contributed by atoms with van der Waals surface area (Å²) < 4.78 is 19.2. The number of methoxy groups -OCH3 is 1. The van der Waals surface area contributed by atoms with Gasteiger partial charge in [0.1, 0.15) is 23.5 Å². The van der Waals surface area contributed by atoms with E-state index in [1.165, 1.54) is 13.3 Å². The number of ether oxygens (including phenoxy) is 1. The predicted octanol–water partition coefficient (Wildman–Crippen LogP) is 5.07. The lowest BCUT2D eigenvalue weighted by atomic mass is 10.0. The third-order valence-corrected chi connectivity index (χ3v) is 10.5. The number of likely N-dealkylation sites (tertiary alicyclic amines) is 1. The van der Waals surface area contributed by atoms with Gasteiger partial charge in [-0.1, -0.05) is 24.8 Å². The topological polar surface area (TPSA) is 173 Å². The normalized spacial score (nSPS) is 16.3. The first-order chi connectivity index (χ1) is 29.0. The van der Waals surface area contributed by atoms with Crippen LogP contribution >= 0.6 is 0 Å². The first kappa shape index (κ1) is 41.2. The van der Waals surface area contributed by atoms with Crippen LogP contribution in [0.3, 0.4) is 0 Å². The van der Waals surface area contributed by atoms with Gasteiger partial charge in [-0.2, -0.15) is 0 Å². The predicted molar refractivity (Wildman–Crippen MR) is 229 cm³/mol. The number of nitrogens with one attached hydrogen (secondary N) is 4. The zero-order valence-electron chi connectivity index (χ0n) is 34.1. The molecule has 2 amide bonds. The molecule has 16 nitrogen and oxygen atoms in total. The van der Waals surface area contributed by atoms with Crippen molar-refractivity contribution in [3.8, 4) is 17.1 Å². The monoisotopic (exact) mass is 814 g/mol. The highest BCUT2D eigenvalue weighted by Gasteiger charge is 2.41. The van der Waals surface area contributed by atoms with Crippen LogP contribution < -0.4 is 40.7 Å². The smallest absolute Gasteiger partial charge is 0.249 e. The number of imide groups is 1. The molecule has 6 heterocycles. The number of benzene rings is 2. The molecular formula is C43H47FN12O4. The van der Waals surface area contributed by atoms with Gasteiger partial charge in [0.2, 0.25) is 11.8 Å². The van der Waals surface area contributed by atoms with Gasteiger partial charge in [-0.05, 0) is 56.4 Å². The molecule has 3 aliphatic heterocycles. The molecule has 1 unspecified atom stereocenters. The van der Waals surface area contributed by atoms with Crippen molar-refractivity contribution in [2.24, 2.45) is 0 Å². The minimum absolute atomic E-state index is 0.244. The number of likely N-dealkylation sites (N-methyl/N-ethyl adjacent to an activating group) is 1. The number of amides is 2. The number of pyridine rings is 2. The molecule has 60 heavy (non-hydrogen) atoms. The summed E-state index contributed by atoms with van der Waals surface area (Å²) in [4.78, 5) is 62.4. The summed E-state index contributed by atoms with van der Waals surface area (Å²) in [5.74, 6) is 1.38. The number of aldehydes is 1.